The van der Waals surface area contributed by atoms with Gasteiger partial charge in [0, 0.05) is 12.8 Å². The molecule has 0 aliphatic heterocycles. The Hall–Kier alpha value is -2.59. The number of hydrogen-bond acceptors (Lipinski definition) is 9. The van der Waals surface area contributed by atoms with Gasteiger partial charge in [-0.1, -0.05) is 86.8 Å². The number of aliphatic hydroxyl groups is 2. The zero-order valence-corrected chi connectivity index (χ0v) is 25.8. The van der Waals surface area contributed by atoms with Crippen molar-refractivity contribution in [3.05, 3.63) is 72.9 Å². The van der Waals surface area contributed by atoms with Crippen LogP contribution >= 0.6 is 7.82 Å². The van der Waals surface area contributed by atoms with Gasteiger partial charge in [0.25, 0.3) is 0 Å². The van der Waals surface area contributed by atoms with Gasteiger partial charge in [0.05, 0.1) is 19.8 Å². The summed E-state index contributed by atoms with van der Waals surface area (Å²) in [5.41, 5.74) is 0. The molecule has 0 bridgehead atoms. The molecule has 0 fully saturated rings. The molecule has 0 amide bonds. The Balaban J connectivity index is 4.28. The molecule has 0 aliphatic carbocycles. The van der Waals surface area contributed by atoms with Gasteiger partial charge in [0.2, 0.25) is 0 Å². The maximum atomic E-state index is 12.2. The molecule has 0 heterocycles. The van der Waals surface area contributed by atoms with Crippen molar-refractivity contribution in [1.29, 1.82) is 0 Å². The third-order valence-electron chi connectivity index (χ3n) is 5.19. The summed E-state index contributed by atoms with van der Waals surface area (Å²) >= 11 is 0. The molecule has 0 aromatic rings. The molecule has 11 heteroatoms. The Kier molecular flexibility index (Phi) is 25.6. The van der Waals surface area contributed by atoms with E-state index in [2.05, 4.69) is 66.1 Å². The van der Waals surface area contributed by atoms with Gasteiger partial charge in [-0.25, -0.2) is 4.57 Å². The third kappa shape index (κ3) is 26.3. The number of carbonyl (C=O) groups excluding carboxylic acids is 2. The lowest BCUT2D eigenvalue weighted by Gasteiger charge is -2.20. The zero-order chi connectivity index (χ0) is 31.3. The third-order valence-corrected chi connectivity index (χ3v) is 6.14. The van der Waals surface area contributed by atoms with Crippen LogP contribution < -0.4 is 0 Å². The molecule has 42 heavy (non-hydrogen) atoms. The number of aliphatic hydroxyl groups excluding tert-OH is 2. The van der Waals surface area contributed by atoms with Crippen LogP contribution in [0.2, 0.25) is 0 Å². The van der Waals surface area contributed by atoms with E-state index in [1.807, 2.05) is 18.2 Å². The zero-order valence-electron chi connectivity index (χ0n) is 24.9. The van der Waals surface area contributed by atoms with Crippen molar-refractivity contribution in [3.8, 4) is 0 Å². The minimum Gasteiger partial charge on any atom is -0.462 e. The Bertz CT molecular complexity index is 936. The van der Waals surface area contributed by atoms with E-state index in [1.54, 1.807) is 6.92 Å². The van der Waals surface area contributed by atoms with Crippen molar-refractivity contribution < 1.29 is 47.8 Å². The van der Waals surface area contributed by atoms with Gasteiger partial charge in [-0.3, -0.25) is 18.6 Å². The molecule has 0 saturated carbocycles. The lowest BCUT2D eigenvalue weighted by molar-refractivity contribution is -0.161. The molecule has 10 nitrogen and oxygen atoms in total. The second kappa shape index (κ2) is 27.3. The van der Waals surface area contributed by atoms with Gasteiger partial charge >= 0.3 is 19.8 Å². The van der Waals surface area contributed by atoms with E-state index in [0.717, 1.165) is 38.5 Å². The minimum absolute atomic E-state index is 0.0520. The molecular formula is C31H49O10P. The van der Waals surface area contributed by atoms with E-state index in [9.17, 15) is 24.2 Å². The van der Waals surface area contributed by atoms with Gasteiger partial charge in [0.15, 0.2) is 6.10 Å². The molecule has 0 spiro atoms. The monoisotopic (exact) mass is 612 g/mol. The quantitative estimate of drug-likeness (QED) is 0.0654. The standard InChI is InChI=1S/C31H49O10P/c1-3-5-6-7-8-9-10-11-12-13-14-15-16-17-18-19-20-21-22-23-31(35)41-29(26-38-30(34)4-2)27-40-42(36,37)39-25-28(33)24-32/h5-6,8-9,11-12,14-15,17-18,20-21,28-29,32-33H,3-4,7,10,13,16,19,22-27H2,1-2H3,(H,36,37)/b6-5-,9-8-,12-11-,15-14-,18-17-,21-20-. The van der Waals surface area contributed by atoms with Crippen LogP contribution in [0.4, 0.5) is 0 Å². The van der Waals surface area contributed by atoms with Crippen molar-refractivity contribution in [3.63, 3.8) is 0 Å². The molecule has 0 aromatic carbocycles. The molecule has 3 atom stereocenters. The summed E-state index contributed by atoms with van der Waals surface area (Å²) in [5.74, 6) is -1.14. The Morgan fingerprint density at radius 1 is 0.714 bits per heavy atom. The van der Waals surface area contributed by atoms with Gasteiger partial charge in [0.1, 0.15) is 12.7 Å². The Morgan fingerprint density at radius 2 is 1.19 bits per heavy atom. The SMILES string of the molecule is CC/C=C\C/C=C\C/C=C\C/C=C\C/C=C\C/C=C\CCC(=O)OC(COC(=O)CC)COP(=O)(O)OCC(O)CO. The molecule has 0 saturated heterocycles. The van der Waals surface area contributed by atoms with Crippen molar-refractivity contribution in [1.82, 2.24) is 0 Å². The molecular weight excluding hydrogens is 563 g/mol. The normalized spacial score (nSPS) is 15.5. The van der Waals surface area contributed by atoms with Gasteiger partial charge in [-0.15, -0.1) is 0 Å². The number of esters is 2. The van der Waals surface area contributed by atoms with Crippen LogP contribution in [0, 0.1) is 0 Å². The van der Waals surface area contributed by atoms with Crippen LogP contribution in [0.25, 0.3) is 0 Å². The Morgan fingerprint density at radius 3 is 1.67 bits per heavy atom. The number of allylic oxidation sites excluding steroid dienone is 12. The fraction of sp³-hybridized carbons (Fsp3) is 0.548. The first-order valence-corrected chi connectivity index (χ1v) is 15.9. The average Bonchev–Trinajstić information content (AvgIpc) is 2.98. The van der Waals surface area contributed by atoms with Crippen LogP contribution in [0.5, 0.6) is 0 Å². The number of ether oxygens (including phenoxy) is 2. The minimum atomic E-state index is -4.60. The van der Waals surface area contributed by atoms with Crippen molar-refractivity contribution in [2.24, 2.45) is 0 Å². The van der Waals surface area contributed by atoms with Crippen LogP contribution in [0.3, 0.4) is 0 Å². The lowest BCUT2D eigenvalue weighted by atomic mass is 10.2. The number of rotatable bonds is 25. The smallest absolute Gasteiger partial charge is 0.462 e. The molecule has 0 aromatic heterocycles. The fourth-order valence-electron chi connectivity index (χ4n) is 2.94. The number of phosphoric acid groups is 1. The first kappa shape index (κ1) is 39.4. The number of carbonyl (C=O) groups is 2. The van der Waals surface area contributed by atoms with E-state index < -0.39 is 51.8 Å². The summed E-state index contributed by atoms with van der Waals surface area (Å²) < 4.78 is 31.5. The molecule has 0 aliphatic rings. The second-order valence-electron chi connectivity index (χ2n) is 9.00. The summed E-state index contributed by atoms with van der Waals surface area (Å²) in [6, 6.07) is 0. The lowest BCUT2D eigenvalue weighted by Crippen LogP contribution is -2.29. The molecule has 3 unspecified atom stereocenters. The highest BCUT2D eigenvalue weighted by atomic mass is 31.2. The summed E-state index contributed by atoms with van der Waals surface area (Å²) in [5, 5.41) is 18.0. The average molecular weight is 613 g/mol. The summed E-state index contributed by atoms with van der Waals surface area (Å²) in [6.07, 6.45) is 28.7. The van der Waals surface area contributed by atoms with E-state index in [4.69, 9.17) is 19.1 Å². The highest BCUT2D eigenvalue weighted by Gasteiger charge is 2.26. The number of hydrogen-bond donors (Lipinski definition) is 3. The topological polar surface area (TPSA) is 149 Å². The van der Waals surface area contributed by atoms with Crippen molar-refractivity contribution in [2.75, 3.05) is 26.4 Å². The second-order valence-corrected chi connectivity index (χ2v) is 10.5. The molecule has 3 N–H and O–H groups in total. The molecule has 238 valence electrons. The summed E-state index contributed by atoms with van der Waals surface area (Å²) in [4.78, 5) is 33.4. The Labute approximate surface area is 250 Å². The van der Waals surface area contributed by atoms with Gasteiger partial charge < -0.3 is 24.6 Å². The fourth-order valence-corrected chi connectivity index (χ4v) is 3.73. The van der Waals surface area contributed by atoms with E-state index in [-0.39, 0.29) is 19.4 Å². The van der Waals surface area contributed by atoms with Gasteiger partial charge in [-0.05, 0) is 44.9 Å². The first-order chi connectivity index (χ1) is 20.2. The highest BCUT2D eigenvalue weighted by Crippen LogP contribution is 2.43. The van der Waals surface area contributed by atoms with Crippen LogP contribution in [0.1, 0.15) is 71.6 Å². The van der Waals surface area contributed by atoms with E-state index >= 15 is 0 Å². The van der Waals surface area contributed by atoms with Crippen molar-refractivity contribution >= 4 is 19.8 Å². The van der Waals surface area contributed by atoms with Crippen LogP contribution in [-0.2, 0) is 32.7 Å². The number of phosphoric ester groups is 1. The van der Waals surface area contributed by atoms with E-state index in [1.165, 1.54) is 0 Å². The molecule has 0 radical (unpaired) electrons. The molecule has 0 rings (SSSR count). The predicted octanol–water partition coefficient (Wildman–Crippen LogP) is 5.82. The van der Waals surface area contributed by atoms with Gasteiger partial charge in [-0.2, -0.15) is 0 Å². The maximum absolute atomic E-state index is 12.2. The first-order valence-electron chi connectivity index (χ1n) is 14.4. The maximum Gasteiger partial charge on any atom is 0.472 e. The largest absolute Gasteiger partial charge is 0.472 e. The summed E-state index contributed by atoms with van der Waals surface area (Å²) in [7, 11) is -4.60. The van der Waals surface area contributed by atoms with E-state index in [0.29, 0.717) is 6.42 Å². The summed E-state index contributed by atoms with van der Waals surface area (Å²) in [6.45, 7) is 1.48. The van der Waals surface area contributed by atoms with Crippen LogP contribution in [0.15, 0.2) is 72.9 Å². The highest BCUT2D eigenvalue weighted by molar-refractivity contribution is 7.47. The van der Waals surface area contributed by atoms with Crippen molar-refractivity contribution in [2.45, 2.75) is 83.8 Å². The van der Waals surface area contributed by atoms with Crippen LogP contribution in [-0.4, -0.2) is 65.7 Å². The predicted molar refractivity (Wildman–Crippen MR) is 163 cm³/mol.